The van der Waals surface area contributed by atoms with Crippen LogP contribution in [0.4, 0.5) is 22.0 Å². The molecule has 0 radical (unpaired) electrons. The van der Waals surface area contributed by atoms with Gasteiger partial charge in [0, 0.05) is 12.1 Å². The van der Waals surface area contributed by atoms with Crippen molar-refractivity contribution in [1.82, 2.24) is 5.32 Å². The molecule has 0 saturated heterocycles. The molecular formula is C17H14F5NO3. The fourth-order valence-electron chi connectivity index (χ4n) is 2.11. The lowest BCUT2D eigenvalue weighted by molar-refractivity contribution is -0.137. The minimum Gasteiger partial charge on any atom is -0.493 e. The van der Waals surface area contributed by atoms with Gasteiger partial charge in [0.1, 0.15) is 0 Å². The molecule has 1 N–H and O–H groups in total. The summed E-state index contributed by atoms with van der Waals surface area (Å²) in [6.07, 6.45) is -4.48. The molecule has 4 nitrogen and oxygen atoms in total. The Morgan fingerprint density at radius 1 is 1.08 bits per heavy atom. The summed E-state index contributed by atoms with van der Waals surface area (Å²) in [7, 11) is 1.28. The van der Waals surface area contributed by atoms with Gasteiger partial charge in [-0.1, -0.05) is 6.07 Å². The zero-order chi connectivity index (χ0) is 19.3. The maximum absolute atomic E-state index is 12.5. The average molecular weight is 375 g/mol. The monoisotopic (exact) mass is 375 g/mol. The first-order chi connectivity index (χ1) is 12.2. The van der Waals surface area contributed by atoms with Crippen molar-refractivity contribution in [3.8, 4) is 11.5 Å². The number of ether oxygens (including phenoxy) is 2. The molecule has 2 aromatic carbocycles. The lowest BCUT2D eigenvalue weighted by Gasteiger charge is -2.12. The third-order valence-electron chi connectivity index (χ3n) is 3.37. The Balaban J connectivity index is 2.02. The quantitative estimate of drug-likeness (QED) is 0.768. The maximum Gasteiger partial charge on any atom is 0.416 e. The molecule has 0 spiro atoms. The first-order valence-electron chi connectivity index (χ1n) is 7.28. The summed E-state index contributed by atoms with van der Waals surface area (Å²) in [5.74, 6) is -0.669. The topological polar surface area (TPSA) is 47.6 Å². The minimum absolute atomic E-state index is 0.0190. The smallest absolute Gasteiger partial charge is 0.416 e. The number of alkyl halides is 5. The van der Waals surface area contributed by atoms with Crippen molar-refractivity contribution >= 4 is 5.91 Å². The van der Waals surface area contributed by atoms with Crippen molar-refractivity contribution in [2.75, 3.05) is 7.11 Å². The first-order valence-corrected chi connectivity index (χ1v) is 7.28. The zero-order valence-corrected chi connectivity index (χ0v) is 13.4. The number of amides is 1. The van der Waals surface area contributed by atoms with E-state index in [4.69, 9.17) is 4.74 Å². The Bertz CT molecular complexity index is 760. The summed E-state index contributed by atoms with van der Waals surface area (Å²) in [6, 6.07) is 7.89. The van der Waals surface area contributed by atoms with Gasteiger partial charge in [-0.2, -0.15) is 22.0 Å². The molecule has 2 aromatic rings. The Morgan fingerprint density at radius 2 is 1.73 bits per heavy atom. The van der Waals surface area contributed by atoms with Gasteiger partial charge in [-0.3, -0.25) is 4.79 Å². The molecule has 140 valence electrons. The summed E-state index contributed by atoms with van der Waals surface area (Å²) in [6.45, 7) is -2.99. The van der Waals surface area contributed by atoms with Crippen LogP contribution in [0.2, 0.25) is 0 Å². The molecular weight excluding hydrogens is 361 g/mol. The minimum atomic E-state index is -4.48. The normalized spacial score (nSPS) is 11.3. The van der Waals surface area contributed by atoms with Crippen molar-refractivity contribution < 1.29 is 36.2 Å². The zero-order valence-electron chi connectivity index (χ0n) is 13.4. The molecule has 0 aliphatic carbocycles. The molecule has 0 aromatic heterocycles. The molecule has 0 aliphatic rings. The van der Waals surface area contributed by atoms with Gasteiger partial charge in [-0.15, -0.1) is 0 Å². The summed E-state index contributed by atoms with van der Waals surface area (Å²) in [4.78, 5) is 12.0. The molecule has 26 heavy (non-hydrogen) atoms. The van der Waals surface area contributed by atoms with E-state index in [9.17, 15) is 26.7 Å². The molecule has 2 rings (SSSR count). The lowest BCUT2D eigenvalue weighted by atomic mass is 10.1. The second-order valence-electron chi connectivity index (χ2n) is 5.12. The Labute approximate surface area is 145 Å². The summed E-state index contributed by atoms with van der Waals surface area (Å²) in [5, 5.41) is 2.52. The fourth-order valence-corrected chi connectivity index (χ4v) is 2.11. The number of nitrogens with one attached hydrogen (secondary N) is 1. The van der Waals surface area contributed by atoms with Gasteiger partial charge >= 0.3 is 12.8 Å². The number of halogens is 5. The third kappa shape index (κ3) is 5.08. The van der Waals surface area contributed by atoms with E-state index in [1.54, 1.807) is 0 Å². The molecule has 1 amide bonds. The number of hydrogen-bond donors (Lipinski definition) is 1. The van der Waals surface area contributed by atoms with Gasteiger partial charge in [-0.25, -0.2) is 0 Å². The van der Waals surface area contributed by atoms with E-state index < -0.39 is 24.3 Å². The number of hydrogen-bond acceptors (Lipinski definition) is 3. The van der Waals surface area contributed by atoms with Crippen LogP contribution in [0.5, 0.6) is 11.5 Å². The van der Waals surface area contributed by atoms with Crippen LogP contribution in [0.25, 0.3) is 0 Å². The first kappa shape index (κ1) is 19.5. The highest BCUT2D eigenvalue weighted by Crippen LogP contribution is 2.30. The Kier molecular flexibility index (Phi) is 6.01. The molecule has 0 fully saturated rings. The number of methoxy groups -OCH3 is 1. The SMILES string of the molecule is COc1cc(CNC(=O)c2ccc(C(F)(F)F)cc2)ccc1OC(F)F. The van der Waals surface area contributed by atoms with E-state index in [1.807, 2.05) is 0 Å². The maximum atomic E-state index is 12.5. The van der Waals surface area contributed by atoms with Gasteiger partial charge in [-0.05, 0) is 42.0 Å². The predicted octanol–water partition coefficient (Wildman–Crippen LogP) is 4.25. The van der Waals surface area contributed by atoms with Crippen molar-refractivity contribution in [1.29, 1.82) is 0 Å². The Hall–Kier alpha value is -2.84. The summed E-state index contributed by atoms with van der Waals surface area (Å²) >= 11 is 0. The molecule has 0 heterocycles. The lowest BCUT2D eigenvalue weighted by Crippen LogP contribution is -2.23. The highest BCUT2D eigenvalue weighted by atomic mass is 19.4. The van der Waals surface area contributed by atoms with E-state index in [1.165, 1.54) is 25.3 Å². The van der Waals surface area contributed by atoms with Crippen molar-refractivity contribution in [2.45, 2.75) is 19.3 Å². The van der Waals surface area contributed by atoms with Crippen LogP contribution in [-0.2, 0) is 12.7 Å². The van der Waals surface area contributed by atoms with Crippen molar-refractivity contribution in [3.05, 3.63) is 59.2 Å². The highest BCUT2D eigenvalue weighted by molar-refractivity contribution is 5.94. The van der Waals surface area contributed by atoms with Crippen molar-refractivity contribution in [3.63, 3.8) is 0 Å². The Morgan fingerprint density at radius 3 is 2.27 bits per heavy atom. The van der Waals surface area contributed by atoms with E-state index in [2.05, 4.69) is 10.1 Å². The van der Waals surface area contributed by atoms with Gasteiger partial charge in [0.2, 0.25) is 0 Å². The largest absolute Gasteiger partial charge is 0.493 e. The summed E-state index contributed by atoms with van der Waals surface area (Å²) in [5.41, 5.74) is -0.264. The van der Waals surface area contributed by atoms with E-state index >= 15 is 0 Å². The summed E-state index contributed by atoms with van der Waals surface area (Å²) < 4.78 is 71.3. The number of rotatable bonds is 6. The molecule has 0 bridgehead atoms. The van der Waals surface area contributed by atoms with Gasteiger partial charge < -0.3 is 14.8 Å². The number of benzene rings is 2. The number of carbonyl (C=O) groups excluding carboxylic acids is 1. The molecule has 0 atom stereocenters. The van der Waals surface area contributed by atoms with Gasteiger partial charge in [0.25, 0.3) is 5.91 Å². The van der Waals surface area contributed by atoms with Crippen LogP contribution in [0, 0.1) is 0 Å². The van der Waals surface area contributed by atoms with Crippen LogP contribution in [-0.4, -0.2) is 19.6 Å². The molecule has 0 unspecified atom stereocenters. The fraction of sp³-hybridized carbons (Fsp3) is 0.235. The molecule has 0 aliphatic heterocycles. The molecule has 0 saturated carbocycles. The molecule has 9 heteroatoms. The van der Waals surface area contributed by atoms with Crippen LogP contribution in [0.3, 0.4) is 0 Å². The van der Waals surface area contributed by atoms with Crippen LogP contribution < -0.4 is 14.8 Å². The third-order valence-corrected chi connectivity index (χ3v) is 3.37. The number of carbonyl (C=O) groups is 1. The highest BCUT2D eigenvalue weighted by Gasteiger charge is 2.30. The van der Waals surface area contributed by atoms with Crippen LogP contribution >= 0.6 is 0 Å². The van der Waals surface area contributed by atoms with E-state index in [0.29, 0.717) is 5.56 Å². The van der Waals surface area contributed by atoms with E-state index in [0.717, 1.165) is 24.3 Å². The van der Waals surface area contributed by atoms with E-state index in [-0.39, 0.29) is 23.6 Å². The van der Waals surface area contributed by atoms with Gasteiger partial charge in [0.05, 0.1) is 12.7 Å². The van der Waals surface area contributed by atoms with Crippen LogP contribution in [0.1, 0.15) is 21.5 Å². The second-order valence-corrected chi connectivity index (χ2v) is 5.12. The van der Waals surface area contributed by atoms with Gasteiger partial charge in [0.15, 0.2) is 11.5 Å². The van der Waals surface area contributed by atoms with Crippen molar-refractivity contribution in [2.24, 2.45) is 0 Å². The second kappa shape index (κ2) is 8.03. The standard InChI is InChI=1S/C17H14F5NO3/c1-25-14-8-10(2-7-13(14)26-16(18)19)9-23-15(24)11-3-5-12(6-4-11)17(20,21)22/h2-8,16H,9H2,1H3,(H,23,24). The predicted molar refractivity (Wildman–Crippen MR) is 82.2 cm³/mol. The average Bonchev–Trinajstić information content (AvgIpc) is 2.59. The van der Waals surface area contributed by atoms with Crippen LogP contribution in [0.15, 0.2) is 42.5 Å².